The van der Waals surface area contributed by atoms with Crippen molar-refractivity contribution in [2.45, 2.75) is 12.6 Å². The lowest BCUT2D eigenvalue weighted by molar-refractivity contribution is -0.140. The monoisotopic (exact) mass is 222 g/mol. The molecule has 0 radical (unpaired) electrons. The molecule has 1 rings (SSSR count). The van der Waals surface area contributed by atoms with Gasteiger partial charge in [0.15, 0.2) is 0 Å². The Labute approximate surface area is 96.0 Å². The fraction of sp³-hybridized carbons (Fsp3) is 0.417. The Kier molecular flexibility index (Phi) is 4.95. The number of ether oxygens (including phenoxy) is 1. The quantitative estimate of drug-likeness (QED) is 0.794. The third-order valence-electron chi connectivity index (χ3n) is 2.41. The Morgan fingerprint density at radius 3 is 2.56 bits per heavy atom. The van der Waals surface area contributed by atoms with E-state index in [-0.39, 0.29) is 12.5 Å². The molecule has 0 saturated heterocycles. The summed E-state index contributed by atoms with van der Waals surface area (Å²) in [5, 5.41) is 0. The number of methoxy groups -OCH3 is 1. The van der Waals surface area contributed by atoms with E-state index in [1.807, 2.05) is 30.3 Å². The van der Waals surface area contributed by atoms with Gasteiger partial charge in [-0.3, -0.25) is 4.79 Å². The number of carbonyl (C=O) groups is 1. The highest BCUT2D eigenvalue weighted by Crippen LogP contribution is 2.04. The van der Waals surface area contributed by atoms with Crippen molar-refractivity contribution in [3.05, 3.63) is 35.9 Å². The number of nitrogens with zero attached hydrogens (tertiary/aromatic N) is 1. The molecule has 0 aromatic heterocycles. The van der Waals surface area contributed by atoms with Crippen LogP contribution in [0.2, 0.25) is 0 Å². The number of amides is 1. The fourth-order valence-electron chi connectivity index (χ4n) is 1.48. The Morgan fingerprint density at radius 2 is 2.06 bits per heavy atom. The van der Waals surface area contributed by atoms with Gasteiger partial charge in [0, 0.05) is 27.2 Å². The van der Waals surface area contributed by atoms with E-state index in [9.17, 15) is 4.79 Å². The van der Waals surface area contributed by atoms with E-state index in [4.69, 9.17) is 10.5 Å². The number of rotatable bonds is 5. The molecule has 1 atom stereocenters. The van der Waals surface area contributed by atoms with E-state index in [1.54, 1.807) is 11.9 Å². The van der Waals surface area contributed by atoms with Crippen molar-refractivity contribution in [2.24, 2.45) is 5.73 Å². The molecule has 1 amide bonds. The zero-order valence-electron chi connectivity index (χ0n) is 9.72. The van der Waals surface area contributed by atoms with Crippen molar-refractivity contribution in [3.63, 3.8) is 0 Å². The van der Waals surface area contributed by atoms with Crippen molar-refractivity contribution in [3.8, 4) is 0 Å². The minimum atomic E-state index is -0.547. The van der Waals surface area contributed by atoms with Gasteiger partial charge in [-0.25, -0.2) is 0 Å². The molecular weight excluding hydrogens is 204 g/mol. The van der Waals surface area contributed by atoms with Crippen LogP contribution >= 0.6 is 0 Å². The van der Waals surface area contributed by atoms with E-state index < -0.39 is 6.10 Å². The highest BCUT2D eigenvalue weighted by molar-refractivity contribution is 5.80. The summed E-state index contributed by atoms with van der Waals surface area (Å²) in [6.07, 6.45) is -0.547. The number of hydrogen-bond donors (Lipinski definition) is 1. The molecule has 2 N–H and O–H groups in total. The predicted molar refractivity (Wildman–Crippen MR) is 62.8 cm³/mol. The minimum Gasteiger partial charge on any atom is -0.370 e. The van der Waals surface area contributed by atoms with Crippen LogP contribution in [-0.2, 0) is 16.1 Å². The first-order valence-electron chi connectivity index (χ1n) is 5.20. The highest BCUT2D eigenvalue weighted by Gasteiger charge is 2.19. The minimum absolute atomic E-state index is 0.0890. The van der Waals surface area contributed by atoms with Gasteiger partial charge in [-0.05, 0) is 5.56 Å². The molecule has 0 saturated carbocycles. The number of nitrogens with two attached hydrogens (primary N) is 1. The van der Waals surface area contributed by atoms with Gasteiger partial charge in [0.2, 0.25) is 0 Å². The molecule has 0 aliphatic rings. The lowest BCUT2D eigenvalue weighted by atomic mass is 10.2. The van der Waals surface area contributed by atoms with Gasteiger partial charge < -0.3 is 15.4 Å². The maximum absolute atomic E-state index is 11.8. The molecule has 0 heterocycles. The summed E-state index contributed by atoms with van der Waals surface area (Å²) in [5.41, 5.74) is 6.53. The molecule has 0 fully saturated rings. The number of benzene rings is 1. The Balaban J connectivity index is 2.58. The van der Waals surface area contributed by atoms with Gasteiger partial charge in [0.1, 0.15) is 6.10 Å². The third kappa shape index (κ3) is 3.32. The van der Waals surface area contributed by atoms with Gasteiger partial charge >= 0.3 is 0 Å². The van der Waals surface area contributed by atoms with Crippen molar-refractivity contribution < 1.29 is 9.53 Å². The van der Waals surface area contributed by atoms with Gasteiger partial charge in [0.25, 0.3) is 5.91 Å². The molecule has 0 aliphatic carbocycles. The van der Waals surface area contributed by atoms with Gasteiger partial charge in [0.05, 0.1) is 0 Å². The highest BCUT2D eigenvalue weighted by atomic mass is 16.5. The first-order valence-corrected chi connectivity index (χ1v) is 5.20. The van der Waals surface area contributed by atoms with Crippen molar-refractivity contribution in [2.75, 3.05) is 20.7 Å². The summed E-state index contributed by atoms with van der Waals surface area (Å²) in [5.74, 6) is -0.0890. The standard InChI is InChI=1S/C12H18N2O2/c1-14(12(15)11(8-13)16-2)9-10-6-4-3-5-7-10/h3-7,11H,8-9,13H2,1-2H3. The second kappa shape index (κ2) is 6.25. The lowest BCUT2D eigenvalue weighted by Gasteiger charge is -2.21. The molecule has 0 bridgehead atoms. The predicted octanol–water partition coefficient (Wildman–Crippen LogP) is 0.619. The molecule has 88 valence electrons. The SMILES string of the molecule is COC(CN)C(=O)N(C)Cc1ccccc1. The zero-order chi connectivity index (χ0) is 12.0. The van der Waals surface area contributed by atoms with Crippen LogP contribution in [0.15, 0.2) is 30.3 Å². The van der Waals surface area contributed by atoms with E-state index in [0.717, 1.165) is 5.56 Å². The average molecular weight is 222 g/mol. The Bertz CT molecular complexity index is 323. The molecule has 1 unspecified atom stereocenters. The summed E-state index contributed by atoms with van der Waals surface area (Å²) < 4.78 is 5.00. The number of hydrogen-bond acceptors (Lipinski definition) is 3. The van der Waals surface area contributed by atoms with Crippen LogP contribution in [0.1, 0.15) is 5.56 Å². The van der Waals surface area contributed by atoms with Gasteiger partial charge in [-0.15, -0.1) is 0 Å². The van der Waals surface area contributed by atoms with Crippen LogP contribution < -0.4 is 5.73 Å². The first-order chi connectivity index (χ1) is 7.69. The van der Waals surface area contributed by atoms with Crippen molar-refractivity contribution >= 4 is 5.91 Å². The largest absolute Gasteiger partial charge is 0.370 e. The maximum atomic E-state index is 11.8. The molecule has 1 aromatic rings. The number of carbonyl (C=O) groups excluding carboxylic acids is 1. The molecule has 0 spiro atoms. The van der Waals surface area contributed by atoms with E-state index >= 15 is 0 Å². The molecule has 4 heteroatoms. The molecule has 0 aliphatic heterocycles. The second-order valence-electron chi connectivity index (χ2n) is 3.64. The molecular formula is C12H18N2O2. The van der Waals surface area contributed by atoms with Crippen LogP contribution in [0.25, 0.3) is 0 Å². The van der Waals surface area contributed by atoms with Gasteiger partial charge in [-0.2, -0.15) is 0 Å². The summed E-state index contributed by atoms with van der Waals surface area (Å²) in [6, 6.07) is 9.81. The van der Waals surface area contributed by atoms with Crippen LogP contribution in [0.3, 0.4) is 0 Å². The summed E-state index contributed by atoms with van der Waals surface area (Å²) in [7, 11) is 3.24. The van der Waals surface area contributed by atoms with Crippen molar-refractivity contribution in [1.29, 1.82) is 0 Å². The van der Waals surface area contributed by atoms with Crippen LogP contribution in [0, 0.1) is 0 Å². The third-order valence-corrected chi connectivity index (χ3v) is 2.41. The van der Waals surface area contributed by atoms with Gasteiger partial charge in [-0.1, -0.05) is 30.3 Å². The summed E-state index contributed by atoms with van der Waals surface area (Å²) in [6.45, 7) is 0.772. The molecule has 1 aromatic carbocycles. The molecule has 16 heavy (non-hydrogen) atoms. The first kappa shape index (κ1) is 12.7. The van der Waals surface area contributed by atoms with E-state index in [1.165, 1.54) is 7.11 Å². The van der Waals surface area contributed by atoms with E-state index in [2.05, 4.69) is 0 Å². The smallest absolute Gasteiger partial charge is 0.253 e. The lowest BCUT2D eigenvalue weighted by Crippen LogP contribution is -2.41. The molecule has 4 nitrogen and oxygen atoms in total. The van der Waals surface area contributed by atoms with Crippen LogP contribution in [0.4, 0.5) is 0 Å². The van der Waals surface area contributed by atoms with Crippen LogP contribution in [0.5, 0.6) is 0 Å². The normalized spacial score (nSPS) is 12.2. The second-order valence-corrected chi connectivity index (χ2v) is 3.64. The van der Waals surface area contributed by atoms with E-state index in [0.29, 0.717) is 6.54 Å². The Hall–Kier alpha value is -1.39. The van der Waals surface area contributed by atoms with Crippen molar-refractivity contribution in [1.82, 2.24) is 4.90 Å². The van der Waals surface area contributed by atoms with Crippen LogP contribution in [-0.4, -0.2) is 37.6 Å². The summed E-state index contributed by atoms with van der Waals surface area (Å²) >= 11 is 0. The number of likely N-dealkylation sites (N-methyl/N-ethyl adjacent to an activating group) is 1. The zero-order valence-corrected chi connectivity index (χ0v) is 9.72. The summed E-state index contributed by atoms with van der Waals surface area (Å²) in [4.78, 5) is 13.5. The maximum Gasteiger partial charge on any atom is 0.253 e. The topological polar surface area (TPSA) is 55.6 Å². The Morgan fingerprint density at radius 1 is 1.44 bits per heavy atom. The average Bonchev–Trinajstić information content (AvgIpc) is 2.31. The fourth-order valence-corrected chi connectivity index (χ4v) is 1.48.